The predicted octanol–water partition coefficient (Wildman–Crippen LogP) is 6.97. The van der Waals surface area contributed by atoms with Crippen LogP contribution in [0.3, 0.4) is 0 Å². The number of carbonyl (C=O) groups excluding carboxylic acids is 1. The van der Waals surface area contributed by atoms with Gasteiger partial charge in [-0.2, -0.15) is 0 Å². The molecule has 5 aromatic rings. The molecule has 0 saturated carbocycles. The van der Waals surface area contributed by atoms with E-state index in [1.165, 1.54) is 21.4 Å². The molecule has 2 aromatic heterocycles. The summed E-state index contributed by atoms with van der Waals surface area (Å²) in [5, 5.41) is 8.64. The van der Waals surface area contributed by atoms with E-state index < -0.39 is 0 Å². The van der Waals surface area contributed by atoms with Gasteiger partial charge >= 0.3 is 6.03 Å². The van der Waals surface area contributed by atoms with Gasteiger partial charge in [0.25, 0.3) is 0 Å². The van der Waals surface area contributed by atoms with Crippen LogP contribution >= 0.6 is 11.3 Å². The smallest absolute Gasteiger partial charge is 0.322 e. The van der Waals surface area contributed by atoms with Crippen LogP contribution in [0.4, 0.5) is 10.5 Å². The number of aromatic nitrogens is 1. The van der Waals surface area contributed by atoms with Crippen LogP contribution in [0.1, 0.15) is 16.0 Å². The van der Waals surface area contributed by atoms with Gasteiger partial charge in [0.1, 0.15) is 0 Å². The molecule has 0 unspecified atom stereocenters. The third kappa shape index (κ3) is 4.12. The Morgan fingerprint density at radius 1 is 0.969 bits per heavy atom. The first-order valence-corrected chi connectivity index (χ1v) is 11.7. The predicted molar refractivity (Wildman–Crippen MR) is 134 cm³/mol. The fourth-order valence-corrected chi connectivity index (χ4v) is 5.04. The summed E-state index contributed by atoms with van der Waals surface area (Å²) in [5.41, 5.74) is 4.42. The minimum absolute atomic E-state index is 0.0750. The third-order valence-electron chi connectivity index (χ3n) is 5.95. The molecular weight excluding hydrogens is 414 g/mol. The van der Waals surface area contributed by atoms with Crippen LogP contribution in [0.15, 0.2) is 84.4 Å². The molecule has 0 aliphatic carbocycles. The number of urea groups is 1. The quantitative estimate of drug-likeness (QED) is 0.295. The third-order valence-corrected chi connectivity index (χ3v) is 6.95. The number of nitrogens with one attached hydrogen (secondary N) is 2. The van der Waals surface area contributed by atoms with Crippen LogP contribution in [0.2, 0.25) is 0 Å². The number of fused-ring (bicyclic) bond motifs is 2. The van der Waals surface area contributed by atoms with Crippen molar-refractivity contribution in [3.63, 3.8) is 0 Å². The zero-order valence-corrected chi connectivity index (χ0v) is 18.8. The van der Waals surface area contributed by atoms with Crippen LogP contribution in [0, 0.1) is 6.92 Å². The number of anilines is 1. The number of rotatable bonds is 6. The minimum Gasteiger partial charge on any atom is -0.361 e. The molecule has 0 aliphatic rings. The van der Waals surface area contributed by atoms with E-state index in [1.807, 2.05) is 41.3 Å². The van der Waals surface area contributed by atoms with Gasteiger partial charge in [-0.25, -0.2) is 4.79 Å². The number of aryl methyl sites for hydroxylation is 1. The van der Waals surface area contributed by atoms with Gasteiger partial charge in [0, 0.05) is 33.9 Å². The maximum atomic E-state index is 13.4. The molecule has 5 heteroatoms. The molecule has 0 bridgehead atoms. The maximum absolute atomic E-state index is 13.4. The second-order valence-electron chi connectivity index (χ2n) is 8.01. The number of thiophene rings is 1. The number of nitrogens with zero attached hydrogens (tertiary/aromatic N) is 1. The molecule has 2 heterocycles. The lowest BCUT2D eigenvalue weighted by Crippen LogP contribution is -2.36. The number of hydrogen-bond acceptors (Lipinski definition) is 2. The Hall–Kier alpha value is -3.57. The Morgan fingerprint density at radius 3 is 2.59 bits per heavy atom. The van der Waals surface area contributed by atoms with Gasteiger partial charge in [-0.3, -0.25) is 0 Å². The molecule has 2 amide bonds. The van der Waals surface area contributed by atoms with Gasteiger partial charge in [0.05, 0.1) is 12.2 Å². The van der Waals surface area contributed by atoms with E-state index in [2.05, 4.69) is 65.2 Å². The highest BCUT2D eigenvalue weighted by Crippen LogP contribution is 2.25. The Morgan fingerprint density at radius 2 is 1.75 bits per heavy atom. The summed E-state index contributed by atoms with van der Waals surface area (Å²) in [6.45, 7) is 3.34. The van der Waals surface area contributed by atoms with Gasteiger partial charge in [0.15, 0.2) is 0 Å². The van der Waals surface area contributed by atoms with Crippen LogP contribution in [-0.2, 0) is 13.0 Å². The Kier molecular flexibility index (Phi) is 5.65. The molecule has 0 saturated heterocycles. The summed E-state index contributed by atoms with van der Waals surface area (Å²) in [4.78, 5) is 19.9. The van der Waals surface area contributed by atoms with E-state index in [9.17, 15) is 4.79 Å². The Bertz CT molecular complexity index is 1380. The van der Waals surface area contributed by atoms with Crippen LogP contribution in [-0.4, -0.2) is 22.5 Å². The van der Waals surface area contributed by atoms with E-state index in [1.54, 1.807) is 11.3 Å². The fourth-order valence-electron chi connectivity index (χ4n) is 4.11. The summed E-state index contributed by atoms with van der Waals surface area (Å²) < 4.78 is 0. The normalized spacial score (nSPS) is 11.2. The summed E-state index contributed by atoms with van der Waals surface area (Å²) in [6.07, 6.45) is 2.85. The van der Waals surface area contributed by atoms with Crippen LogP contribution in [0.5, 0.6) is 0 Å². The Balaban J connectivity index is 1.40. The first-order chi connectivity index (χ1) is 15.7. The van der Waals surface area contributed by atoms with Crippen molar-refractivity contribution in [1.29, 1.82) is 0 Å². The highest BCUT2D eigenvalue weighted by molar-refractivity contribution is 7.10. The van der Waals surface area contributed by atoms with Crippen molar-refractivity contribution in [2.24, 2.45) is 0 Å². The van der Waals surface area contributed by atoms with Gasteiger partial charge in [0.2, 0.25) is 0 Å². The van der Waals surface area contributed by atoms with Crippen molar-refractivity contribution in [1.82, 2.24) is 9.88 Å². The average molecular weight is 440 g/mol. The fraction of sp³-hybridized carbons (Fsp3) is 0.148. The van der Waals surface area contributed by atoms with Crippen LogP contribution < -0.4 is 5.32 Å². The van der Waals surface area contributed by atoms with Crippen LogP contribution in [0.25, 0.3) is 21.7 Å². The van der Waals surface area contributed by atoms with Gasteiger partial charge < -0.3 is 15.2 Å². The summed E-state index contributed by atoms with van der Waals surface area (Å²) >= 11 is 1.70. The lowest BCUT2D eigenvalue weighted by atomic mass is 10.1. The molecule has 32 heavy (non-hydrogen) atoms. The minimum atomic E-state index is -0.0750. The second-order valence-corrected chi connectivity index (χ2v) is 9.02. The molecule has 4 nitrogen and oxygen atoms in total. The molecule has 160 valence electrons. The topological polar surface area (TPSA) is 48.1 Å². The lowest BCUT2D eigenvalue weighted by Gasteiger charge is -2.23. The molecule has 0 radical (unpaired) electrons. The van der Waals surface area contributed by atoms with Gasteiger partial charge in [-0.1, -0.05) is 54.6 Å². The van der Waals surface area contributed by atoms with Crippen molar-refractivity contribution in [2.45, 2.75) is 19.9 Å². The number of amides is 2. The summed E-state index contributed by atoms with van der Waals surface area (Å²) in [5.74, 6) is 0. The maximum Gasteiger partial charge on any atom is 0.322 e. The standard InChI is InChI=1S/C27H25N3OS/c1-19-14-16-32-26(19)18-30(15-13-21-17-28-24-11-5-4-10-23(21)24)27(31)29-25-12-6-8-20-7-2-3-9-22(20)25/h2-12,14,16-17,28H,13,15,18H2,1H3,(H,29,31). The first kappa shape index (κ1) is 20.3. The molecule has 3 aromatic carbocycles. The SMILES string of the molecule is Cc1ccsc1CN(CCc1c[nH]c2ccccc12)C(=O)Nc1cccc2ccccc12. The molecule has 0 aliphatic heterocycles. The number of para-hydroxylation sites is 1. The molecule has 0 spiro atoms. The largest absolute Gasteiger partial charge is 0.361 e. The average Bonchev–Trinajstić information content (AvgIpc) is 3.42. The van der Waals surface area contributed by atoms with Gasteiger partial charge in [-0.05, 0) is 53.4 Å². The molecule has 0 atom stereocenters. The zero-order chi connectivity index (χ0) is 21.9. The monoisotopic (exact) mass is 439 g/mol. The number of carbonyl (C=O) groups is 1. The van der Waals surface area contributed by atoms with Crippen molar-refractivity contribution < 1.29 is 4.79 Å². The molecule has 2 N–H and O–H groups in total. The van der Waals surface area contributed by atoms with Crippen molar-refractivity contribution in [3.05, 3.63) is 100 Å². The van der Waals surface area contributed by atoms with E-state index in [4.69, 9.17) is 0 Å². The summed E-state index contributed by atoms with van der Waals surface area (Å²) in [6, 6.07) is 24.5. The second kappa shape index (κ2) is 8.89. The number of H-pyrrole nitrogens is 1. The van der Waals surface area contributed by atoms with Crippen molar-refractivity contribution >= 4 is 44.7 Å². The number of aromatic amines is 1. The van der Waals surface area contributed by atoms with Crippen molar-refractivity contribution in [3.8, 4) is 0 Å². The highest BCUT2D eigenvalue weighted by Gasteiger charge is 2.18. The first-order valence-electron chi connectivity index (χ1n) is 10.8. The van der Waals surface area contributed by atoms with Crippen molar-refractivity contribution in [2.75, 3.05) is 11.9 Å². The highest BCUT2D eigenvalue weighted by atomic mass is 32.1. The summed E-state index contributed by atoms with van der Waals surface area (Å²) in [7, 11) is 0. The van der Waals surface area contributed by atoms with E-state index >= 15 is 0 Å². The van der Waals surface area contributed by atoms with E-state index in [0.29, 0.717) is 13.1 Å². The molecule has 0 fully saturated rings. The number of benzene rings is 3. The molecule has 5 rings (SSSR count). The number of hydrogen-bond donors (Lipinski definition) is 2. The molecular formula is C27H25N3OS. The zero-order valence-electron chi connectivity index (χ0n) is 18.0. The Labute approximate surface area is 191 Å². The van der Waals surface area contributed by atoms with Gasteiger partial charge in [-0.15, -0.1) is 11.3 Å². The van der Waals surface area contributed by atoms with E-state index in [0.717, 1.165) is 28.4 Å². The van der Waals surface area contributed by atoms with E-state index in [-0.39, 0.29) is 6.03 Å². The lowest BCUT2D eigenvalue weighted by molar-refractivity contribution is 0.210.